The summed E-state index contributed by atoms with van der Waals surface area (Å²) >= 11 is 6.02. The van der Waals surface area contributed by atoms with Crippen LogP contribution < -0.4 is 14.8 Å². The Labute approximate surface area is 154 Å². The molecule has 0 atom stereocenters. The van der Waals surface area contributed by atoms with Crippen molar-refractivity contribution in [3.05, 3.63) is 58.9 Å². The van der Waals surface area contributed by atoms with Gasteiger partial charge in [0, 0.05) is 16.8 Å². The summed E-state index contributed by atoms with van der Waals surface area (Å²) in [6, 6.07) is 12.4. The zero-order chi connectivity index (χ0) is 18.1. The maximum Gasteiger partial charge on any atom is 0.278 e. The highest BCUT2D eigenvalue weighted by molar-refractivity contribution is 6.30. The molecule has 8 heteroatoms. The first-order valence-electron chi connectivity index (χ1n) is 8.01. The highest BCUT2D eigenvalue weighted by atomic mass is 35.5. The molecule has 1 amide bonds. The molecule has 3 aromatic rings. The SMILES string of the molecule is Cc1c(C(=O)Nc2ccc3c(c2)OCCO3)nnn1-c1cccc(Cl)c1. The fourth-order valence-electron chi connectivity index (χ4n) is 2.70. The quantitative estimate of drug-likeness (QED) is 0.765. The molecule has 7 nitrogen and oxygen atoms in total. The molecular formula is C18H15ClN4O3. The average Bonchev–Trinajstić information content (AvgIpc) is 3.03. The van der Waals surface area contributed by atoms with Gasteiger partial charge in [0.15, 0.2) is 17.2 Å². The van der Waals surface area contributed by atoms with Gasteiger partial charge in [0.1, 0.15) is 13.2 Å². The van der Waals surface area contributed by atoms with E-state index in [-0.39, 0.29) is 11.6 Å². The van der Waals surface area contributed by atoms with Gasteiger partial charge in [-0.05, 0) is 37.3 Å². The molecule has 1 N–H and O–H groups in total. The molecule has 0 bridgehead atoms. The number of nitrogens with one attached hydrogen (secondary N) is 1. The number of nitrogens with zero attached hydrogens (tertiary/aromatic N) is 3. The second-order valence-electron chi connectivity index (χ2n) is 5.73. The summed E-state index contributed by atoms with van der Waals surface area (Å²) < 4.78 is 12.6. The predicted molar refractivity (Wildman–Crippen MR) is 96.5 cm³/mol. The van der Waals surface area contributed by atoms with E-state index in [9.17, 15) is 4.79 Å². The van der Waals surface area contributed by atoms with Crippen molar-refractivity contribution < 1.29 is 14.3 Å². The molecule has 132 valence electrons. The minimum Gasteiger partial charge on any atom is -0.486 e. The van der Waals surface area contributed by atoms with Crippen molar-refractivity contribution in [3.63, 3.8) is 0 Å². The standard InChI is InChI=1S/C18H15ClN4O3/c1-11-17(21-22-23(11)14-4-2-3-12(19)9-14)18(24)20-13-5-6-15-16(10-13)26-8-7-25-15/h2-6,9-10H,7-8H2,1H3,(H,20,24). The van der Waals surface area contributed by atoms with Crippen molar-refractivity contribution in [2.75, 3.05) is 18.5 Å². The molecule has 0 saturated heterocycles. The highest BCUT2D eigenvalue weighted by Crippen LogP contribution is 2.32. The topological polar surface area (TPSA) is 78.3 Å². The van der Waals surface area contributed by atoms with E-state index in [1.165, 1.54) is 0 Å². The highest BCUT2D eigenvalue weighted by Gasteiger charge is 2.19. The van der Waals surface area contributed by atoms with Crippen molar-refractivity contribution in [1.29, 1.82) is 0 Å². The smallest absolute Gasteiger partial charge is 0.278 e. The number of aromatic nitrogens is 3. The third-order valence-electron chi connectivity index (χ3n) is 3.96. The lowest BCUT2D eigenvalue weighted by molar-refractivity contribution is 0.102. The zero-order valence-electron chi connectivity index (χ0n) is 13.9. The van der Waals surface area contributed by atoms with Crippen LogP contribution in [0, 0.1) is 6.92 Å². The van der Waals surface area contributed by atoms with Crippen LogP contribution in [-0.4, -0.2) is 34.1 Å². The van der Waals surface area contributed by atoms with Crippen LogP contribution in [0.25, 0.3) is 5.69 Å². The fourth-order valence-corrected chi connectivity index (χ4v) is 2.89. The zero-order valence-corrected chi connectivity index (χ0v) is 14.7. The van der Waals surface area contributed by atoms with E-state index in [0.29, 0.717) is 41.1 Å². The Morgan fingerprint density at radius 2 is 1.96 bits per heavy atom. The molecule has 1 aliphatic rings. The van der Waals surface area contributed by atoms with Gasteiger partial charge < -0.3 is 14.8 Å². The van der Waals surface area contributed by atoms with Crippen LogP contribution in [0.3, 0.4) is 0 Å². The Hall–Kier alpha value is -3.06. The number of carbonyl (C=O) groups is 1. The van der Waals surface area contributed by atoms with Crippen molar-refractivity contribution >= 4 is 23.2 Å². The summed E-state index contributed by atoms with van der Waals surface area (Å²) in [5, 5.41) is 11.5. The third kappa shape index (κ3) is 3.09. The lowest BCUT2D eigenvalue weighted by atomic mass is 10.2. The summed E-state index contributed by atoms with van der Waals surface area (Å²) in [6.07, 6.45) is 0. The van der Waals surface area contributed by atoms with Gasteiger partial charge in [0.25, 0.3) is 5.91 Å². The molecule has 0 aliphatic carbocycles. The number of fused-ring (bicyclic) bond motifs is 1. The van der Waals surface area contributed by atoms with Crippen molar-refractivity contribution in [1.82, 2.24) is 15.0 Å². The third-order valence-corrected chi connectivity index (χ3v) is 4.20. The van der Waals surface area contributed by atoms with E-state index in [4.69, 9.17) is 21.1 Å². The van der Waals surface area contributed by atoms with Gasteiger partial charge in [-0.25, -0.2) is 4.68 Å². The number of hydrogen-bond donors (Lipinski definition) is 1. The van der Waals surface area contributed by atoms with Gasteiger partial charge in [-0.2, -0.15) is 0 Å². The molecule has 1 aromatic heterocycles. The Morgan fingerprint density at radius 3 is 2.77 bits per heavy atom. The van der Waals surface area contributed by atoms with Gasteiger partial charge in [-0.1, -0.05) is 22.9 Å². The van der Waals surface area contributed by atoms with E-state index in [1.807, 2.05) is 12.1 Å². The summed E-state index contributed by atoms with van der Waals surface area (Å²) in [7, 11) is 0. The molecule has 0 unspecified atom stereocenters. The maximum absolute atomic E-state index is 12.6. The number of halogens is 1. The van der Waals surface area contributed by atoms with Crippen LogP contribution in [0.5, 0.6) is 11.5 Å². The number of ether oxygens (including phenoxy) is 2. The predicted octanol–water partition coefficient (Wildman–Crippen LogP) is 3.25. The normalized spacial score (nSPS) is 12.7. The first-order chi connectivity index (χ1) is 12.6. The first kappa shape index (κ1) is 16.4. The fraction of sp³-hybridized carbons (Fsp3) is 0.167. The van der Waals surface area contributed by atoms with Gasteiger partial charge in [0.05, 0.1) is 11.4 Å². The average molecular weight is 371 g/mol. The largest absolute Gasteiger partial charge is 0.486 e. The lowest BCUT2D eigenvalue weighted by Gasteiger charge is -2.18. The maximum atomic E-state index is 12.6. The molecule has 0 saturated carbocycles. The van der Waals surface area contributed by atoms with Crippen LogP contribution in [0.2, 0.25) is 5.02 Å². The van der Waals surface area contributed by atoms with Crippen LogP contribution in [0.15, 0.2) is 42.5 Å². The summed E-state index contributed by atoms with van der Waals surface area (Å²) in [6.45, 7) is 2.78. The van der Waals surface area contributed by atoms with Crippen LogP contribution in [-0.2, 0) is 0 Å². The van der Waals surface area contributed by atoms with Crippen LogP contribution in [0.4, 0.5) is 5.69 Å². The molecule has 1 aliphatic heterocycles. The van der Waals surface area contributed by atoms with E-state index in [0.717, 1.165) is 5.69 Å². The van der Waals surface area contributed by atoms with E-state index in [2.05, 4.69) is 15.6 Å². The molecule has 26 heavy (non-hydrogen) atoms. The minimum absolute atomic E-state index is 0.236. The van der Waals surface area contributed by atoms with Crippen LogP contribution >= 0.6 is 11.6 Å². The van der Waals surface area contributed by atoms with Crippen molar-refractivity contribution in [2.45, 2.75) is 6.92 Å². The number of benzene rings is 2. The van der Waals surface area contributed by atoms with E-state index in [1.54, 1.807) is 41.9 Å². The molecule has 0 radical (unpaired) electrons. The number of carbonyl (C=O) groups excluding carboxylic acids is 1. The Morgan fingerprint density at radius 1 is 1.15 bits per heavy atom. The minimum atomic E-state index is -0.354. The van der Waals surface area contributed by atoms with Crippen molar-refractivity contribution in [2.24, 2.45) is 0 Å². The van der Waals surface area contributed by atoms with Gasteiger partial charge in [-0.3, -0.25) is 4.79 Å². The second-order valence-corrected chi connectivity index (χ2v) is 6.16. The van der Waals surface area contributed by atoms with Gasteiger partial charge in [-0.15, -0.1) is 5.10 Å². The molecule has 0 spiro atoms. The lowest BCUT2D eigenvalue weighted by Crippen LogP contribution is -2.17. The summed E-state index contributed by atoms with van der Waals surface area (Å²) in [5.41, 5.74) is 2.18. The van der Waals surface area contributed by atoms with Crippen LogP contribution in [0.1, 0.15) is 16.2 Å². The monoisotopic (exact) mass is 370 g/mol. The molecule has 0 fully saturated rings. The number of hydrogen-bond acceptors (Lipinski definition) is 5. The summed E-state index contributed by atoms with van der Waals surface area (Å²) in [5.74, 6) is 0.915. The first-order valence-corrected chi connectivity index (χ1v) is 8.39. The van der Waals surface area contributed by atoms with E-state index < -0.39 is 0 Å². The molecule has 2 heterocycles. The summed E-state index contributed by atoms with van der Waals surface area (Å²) in [4.78, 5) is 12.6. The Bertz CT molecular complexity index is 986. The number of amides is 1. The van der Waals surface area contributed by atoms with Crippen molar-refractivity contribution in [3.8, 4) is 17.2 Å². The van der Waals surface area contributed by atoms with Gasteiger partial charge >= 0.3 is 0 Å². The Kier molecular flexibility index (Phi) is 4.22. The molecule has 2 aromatic carbocycles. The second kappa shape index (κ2) is 6.68. The van der Waals surface area contributed by atoms with Gasteiger partial charge in [0.2, 0.25) is 0 Å². The number of rotatable bonds is 3. The Balaban J connectivity index is 1.57. The number of anilines is 1. The molecule has 4 rings (SSSR count). The van der Waals surface area contributed by atoms with E-state index >= 15 is 0 Å². The molecular weight excluding hydrogens is 356 g/mol.